The van der Waals surface area contributed by atoms with Crippen molar-refractivity contribution >= 4 is 5.91 Å². The Balaban J connectivity index is 3.52. The van der Waals surface area contributed by atoms with Gasteiger partial charge in [0.2, 0.25) is 5.91 Å². The fourth-order valence-electron chi connectivity index (χ4n) is 8.43. The molecule has 0 bridgehead atoms. The Labute approximate surface area is 435 Å². The fraction of sp³-hybridized carbons (Fsp3) is 0.682. The number of hydrogen-bond acceptors (Lipinski definition) is 3. The molecule has 0 aliphatic rings. The lowest BCUT2D eigenvalue weighted by atomic mass is 10.0. The van der Waals surface area contributed by atoms with Crippen LogP contribution in [0.15, 0.2) is 122 Å². The smallest absolute Gasteiger partial charge is 0.220 e. The molecule has 0 aromatic carbocycles. The van der Waals surface area contributed by atoms with E-state index >= 15 is 0 Å². The predicted molar refractivity (Wildman–Crippen MR) is 312 cm³/mol. The Morgan fingerprint density at radius 1 is 0.357 bits per heavy atom. The molecule has 0 saturated carbocycles. The molecule has 2 unspecified atom stereocenters. The van der Waals surface area contributed by atoms with Crippen LogP contribution in [0, 0.1) is 0 Å². The van der Waals surface area contributed by atoms with Gasteiger partial charge in [-0.15, -0.1) is 0 Å². The maximum absolute atomic E-state index is 12.5. The number of aliphatic hydroxyl groups excluding tert-OH is 2. The number of nitrogens with one attached hydrogen (secondary N) is 1. The molecule has 0 aliphatic carbocycles. The first-order valence-electron chi connectivity index (χ1n) is 29.7. The summed E-state index contributed by atoms with van der Waals surface area (Å²) in [5, 5.41) is 23.1. The van der Waals surface area contributed by atoms with Crippen molar-refractivity contribution in [2.24, 2.45) is 0 Å². The van der Waals surface area contributed by atoms with Crippen LogP contribution in [0.4, 0.5) is 0 Å². The van der Waals surface area contributed by atoms with Crippen LogP contribution >= 0.6 is 0 Å². The summed E-state index contributed by atoms with van der Waals surface area (Å²) in [6.45, 7) is 4.17. The SMILES string of the molecule is CC/C=C\C/C=C\C/C=C\C/C=C\C/C=C\C/C=C\C/C=C\CCCCCCCCCCCCCCCCCCCCCC(=O)NC(CO)C(O)/C=C/CC/C=C/CC/C=C/CCCCCCCCC. The van der Waals surface area contributed by atoms with Crippen LogP contribution in [-0.4, -0.2) is 34.9 Å². The number of amides is 1. The zero-order valence-corrected chi connectivity index (χ0v) is 46.0. The zero-order chi connectivity index (χ0) is 50.6. The first kappa shape index (κ1) is 66.8. The maximum atomic E-state index is 12.5. The standard InChI is InChI=1S/C66H113NO3/c1-3-5-7-9-11-13-15-17-19-21-22-23-24-25-26-27-28-29-30-31-32-33-34-35-36-37-38-39-40-41-42-43-44-46-48-50-52-54-56-58-60-62-66(70)67-64(63-68)65(69)61-59-57-55-53-51-49-47-45-20-18-16-14-12-10-8-6-4-2/h5,7,11,13,17,19-20,22-23,25-26,28-29,31-32,45,51,53,59,61,64-65,68-69H,3-4,6,8-10,12,14-16,18,21,24,27,30,33-44,46-50,52,54-58,60,62-63H2,1-2H3,(H,67,70)/b7-5-,13-11-,19-17-,23-22-,26-25-,29-28-,32-31-,45-20+,53-51+,61-59+. The minimum Gasteiger partial charge on any atom is -0.394 e. The quantitative estimate of drug-likeness (QED) is 0.0420. The van der Waals surface area contributed by atoms with Gasteiger partial charge in [-0.25, -0.2) is 0 Å². The molecule has 0 heterocycles. The number of rotatable bonds is 53. The molecule has 4 nitrogen and oxygen atoms in total. The summed E-state index contributed by atoms with van der Waals surface area (Å²) in [5.41, 5.74) is 0. The molecule has 0 spiro atoms. The van der Waals surface area contributed by atoms with E-state index in [1.165, 1.54) is 167 Å². The summed E-state index contributed by atoms with van der Waals surface area (Å²) < 4.78 is 0. The van der Waals surface area contributed by atoms with Crippen molar-refractivity contribution in [2.75, 3.05) is 6.61 Å². The van der Waals surface area contributed by atoms with Crippen LogP contribution in [0.5, 0.6) is 0 Å². The van der Waals surface area contributed by atoms with Crippen LogP contribution in [0.1, 0.15) is 271 Å². The van der Waals surface area contributed by atoms with E-state index in [1.54, 1.807) is 6.08 Å². The molecule has 0 rings (SSSR count). The Hall–Kier alpha value is -3.21. The van der Waals surface area contributed by atoms with E-state index in [-0.39, 0.29) is 12.5 Å². The second kappa shape index (κ2) is 60.1. The molecule has 4 heteroatoms. The van der Waals surface area contributed by atoms with Crippen molar-refractivity contribution in [3.63, 3.8) is 0 Å². The molecule has 1 amide bonds. The molecule has 70 heavy (non-hydrogen) atoms. The molecular weight excluding hydrogens is 855 g/mol. The lowest BCUT2D eigenvalue weighted by Gasteiger charge is -2.19. The largest absolute Gasteiger partial charge is 0.394 e. The van der Waals surface area contributed by atoms with Gasteiger partial charge in [0, 0.05) is 6.42 Å². The van der Waals surface area contributed by atoms with Gasteiger partial charge in [-0.05, 0) is 103 Å². The van der Waals surface area contributed by atoms with E-state index in [2.05, 4.69) is 129 Å². The lowest BCUT2D eigenvalue weighted by Crippen LogP contribution is -2.45. The van der Waals surface area contributed by atoms with Gasteiger partial charge in [0.15, 0.2) is 0 Å². The van der Waals surface area contributed by atoms with Crippen LogP contribution in [0.25, 0.3) is 0 Å². The van der Waals surface area contributed by atoms with Gasteiger partial charge in [0.05, 0.1) is 18.8 Å². The number of aliphatic hydroxyl groups is 2. The molecule has 2 atom stereocenters. The fourth-order valence-corrected chi connectivity index (χ4v) is 8.43. The van der Waals surface area contributed by atoms with Gasteiger partial charge < -0.3 is 15.5 Å². The molecule has 0 saturated heterocycles. The van der Waals surface area contributed by atoms with Crippen molar-refractivity contribution in [3.8, 4) is 0 Å². The summed E-state index contributed by atoms with van der Waals surface area (Å²) in [7, 11) is 0. The zero-order valence-electron chi connectivity index (χ0n) is 46.0. The Kier molecular flexibility index (Phi) is 57.3. The van der Waals surface area contributed by atoms with E-state index in [0.29, 0.717) is 6.42 Å². The van der Waals surface area contributed by atoms with Gasteiger partial charge >= 0.3 is 0 Å². The summed E-state index contributed by atoms with van der Waals surface area (Å²) in [4.78, 5) is 12.5. The van der Waals surface area contributed by atoms with Gasteiger partial charge in [0.25, 0.3) is 0 Å². The molecule has 0 fully saturated rings. The highest BCUT2D eigenvalue weighted by atomic mass is 16.3. The minimum atomic E-state index is -0.875. The number of unbranched alkanes of at least 4 members (excludes halogenated alkanes) is 28. The summed E-state index contributed by atoms with van der Waals surface area (Å²) >= 11 is 0. The average molecular weight is 969 g/mol. The topological polar surface area (TPSA) is 69.6 Å². The van der Waals surface area contributed by atoms with Crippen LogP contribution in [-0.2, 0) is 4.79 Å². The van der Waals surface area contributed by atoms with Crippen LogP contribution in [0.3, 0.4) is 0 Å². The van der Waals surface area contributed by atoms with Crippen molar-refractivity contribution in [2.45, 2.75) is 283 Å². The number of allylic oxidation sites excluding steroid dienone is 19. The maximum Gasteiger partial charge on any atom is 0.220 e. The Morgan fingerprint density at radius 3 is 1.00 bits per heavy atom. The minimum absolute atomic E-state index is 0.0790. The molecular formula is C66H113NO3. The van der Waals surface area contributed by atoms with E-state index < -0.39 is 12.1 Å². The van der Waals surface area contributed by atoms with Crippen LogP contribution in [0.2, 0.25) is 0 Å². The number of carbonyl (C=O) groups is 1. The molecule has 0 radical (unpaired) electrons. The van der Waals surface area contributed by atoms with E-state index in [9.17, 15) is 15.0 Å². The Bertz CT molecular complexity index is 1380. The molecule has 3 N–H and O–H groups in total. The van der Waals surface area contributed by atoms with Crippen molar-refractivity contribution in [3.05, 3.63) is 122 Å². The highest BCUT2D eigenvalue weighted by Crippen LogP contribution is 2.16. The first-order valence-corrected chi connectivity index (χ1v) is 29.7. The second-order valence-corrected chi connectivity index (χ2v) is 19.7. The third-order valence-electron chi connectivity index (χ3n) is 12.9. The van der Waals surface area contributed by atoms with Gasteiger partial charge in [-0.2, -0.15) is 0 Å². The summed E-state index contributed by atoms with van der Waals surface area (Å²) in [6.07, 6.45) is 92.3. The molecule has 0 aromatic heterocycles. The van der Waals surface area contributed by atoms with E-state index in [4.69, 9.17) is 0 Å². The summed E-state index contributed by atoms with van der Waals surface area (Å²) in [6, 6.07) is -0.650. The van der Waals surface area contributed by atoms with Crippen molar-refractivity contribution in [1.82, 2.24) is 5.32 Å². The number of hydrogen-bond donors (Lipinski definition) is 3. The molecule has 0 aromatic rings. The monoisotopic (exact) mass is 968 g/mol. The van der Waals surface area contributed by atoms with Crippen LogP contribution < -0.4 is 5.32 Å². The third-order valence-corrected chi connectivity index (χ3v) is 12.9. The van der Waals surface area contributed by atoms with E-state index in [1.807, 2.05) is 6.08 Å². The predicted octanol–water partition coefficient (Wildman–Crippen LogP) is 20.0. The molecule has 400 valence electrons. The Morgan fingerprint density at radius 2 is 0.643 bits per heavy atom. The van der Waals surface area contributed by atoms with Gasteiger partial charge in [0.1, 0.15) is 0 Å². The first-order chi connectivity index (χ1) is 34.7. The average Bonchev–Trinajstić information content (AvgIpc) is 3.36. The second-order valence-electron chi connectivity index (χ2n) is 19.7. The highest BCUT2D eigenvalue weighted by molar-refractivity contribution is 5.76. The number of carbonyl (C=O) groups excluding carboxylic acids is 1. The molecule has 0 aliphatic heterocycles. The van der Waals surface area contributed by atoms with Gasteiger partial charge in [-0.3, -0.25) is 4.79 Å². The highest BCUT2D eigenvalue weighted by Gasteiger charge is 2.18. The van der Waals surface area contributed by atoms with Crippen molar-refractivity contribution < 1.29 is 15.0 Å². The van der Waals surface area contributed by atoms with E-state index in [0.717, 1.165) is 83.5 Å². The third kappa shape index (κ3) is 55.7. The van der Waals surface area contributed by atoms with Crippen molar-refractivity contribution in [1.29, 1.82) is 0 Å². The van der Waals surface area contributed by atoms with Gasteiger partial charge in [-0.1, -0.05) is 283 Å². The summed E-state index contributed by atoms with van der Waals surface area (Å²) in [5.74, 6) is -0.0790. The lowest BCUT2D eigenvalue weighted by molar-refractivity contribution is -0.123. The normalized spacial score (nSPS) is 13.7.